The number of aromatic nitrogens is 2. The lowest BCUT2D eigenvalue weighted by atomic mass is 10.3. The highest BCUT2D eigenvalue weighted by atomic mass is 16.5. The van der Waals surface area contributed by atoms with E-state index in [0.29, 0.717) is 12.6 Å². The zero-order valence-electron chi connectivity index (χ0n) is 11.3. The third-order valence-electron chi connectivity index (χ3n) is 3.09. The van der Waals surface area contributed by atoms with Crippen LogP contribution in [0.3, 0.4) is 0 Å². The summed E-state index contributed by atoms with van der Waals surface area (Å²) in [5.41, 5.74) is 7.52. The van der Waals surface area contributed by atoms with Crippen LogP contribution in [0.4, 0.5) is 5.95 Å². The largest absolute Gasteiger partial charge is 0.464 e. The first-order valence-corrected chi connectivity index (χ1v) is 6.54. The van der Waals surface area contributed by atoms with E-state index in [1.807, 2.05) is 24.3 Å². The smallest absolute Gasteiger partial charge is 0.328 e. The molecule has 5 heteroatoms. The number of imidazole rings is 1. The van der Waals surface area contributed by atoms with Crippen molar-refractivity contribution in [1.29, 1.82) is 0 Å². The van der Waals surface area contributed by atoms with E-state index in [9.17, 15) is 4.79 Å². The van der Waals surface area contributed by atoms with E-state index in [1.165, 1.54) is 0 Å². The summed E-state index contributed by atoms with van der Waals surface area (Å²) in [7, 11) is 0. The van der Waals surface area contributed by atoms with Crippen molar-refractivity contribution < 1.29 is 9.53 Å². The van der Waals surface area contributed by atoms with Crippen molar-refractivity contribution in [2.75, 3.05) is 12.3 Å². The number of nitrogen functional groups attached to an aromatic ring is 1. The summed E-state index contributed by atoms with van der Waals surface area (Å²) in [5, 5.41) is 0. The van der Waals surface area contributed by atoms with Gasteiger partial charge in [0.2, 0.25) is 5.95 Å². The predicted octanol–water partition coefficient (Wildman–Crippen LogP) is 2.52. The van der Waals surface area contributed by atoms with Crippen LogP contribution in [0.25, 0.3) is 11.0 Å². The van der Waals surface area contributed by atoms with Crippen molar-refractivity contribution in [3.63, 3.8) is 0 Å². The minimum atomic E-state index is -0.468. The average molecular weight is 261 g/mol. The molecule has 1 atom stereocenters. The average Bonchev–Trinajstić information content (AvgIpc) is 2.74. The summed E-state index contributed by atoms with van der Waals surface area (Å²) in [5.74, 6) is 0.0597. The molecule has 0 aliphatic carbocycles. The standard InChI is InChI=1S/C14H19N3O2/c1-3-4-9-19-13(18)10(2)17-12-8-6-5-7-11(12)16-14(17)15/h5-8,10H,3-4,9H2,1-2H3,(H2,15,16). The van der Waals surface area contributed by atoms with Crippen LogP contribution in [0, 0.1) is 0 Å². The summed E-state index contributed by atoms with van der Waals surface area (Å²) in [6.45, 7) is 4.28. The number of esters is 1. The Morgan fingerprint density at radius 2 is 2.21 bits per heavy atom. The molecular formula is C14H19N3O2. The molecule has 0 spiro atoms. The highest BCUT2D eigenvalue weighted by molar-refractivity contribution is 5.82. The van der Waals surface area contributed by atoms with Gasteiger partial charge < -0.3 is 10.5 Å². The molecule has 1 heterocycles. The van der Waals surface area contributed by atoms with Gasteiger partial charge in [0, 0.05) is 0 Å². The van der Waals surface area contributed by atoms with Crippen molar-refractivity contribution in [3.8, 4) is 0 Å². The van der Waals surface area contributed by atoms with Gasteiger partial charge in [0.15, 0.2) is 0 Å². The molecule has 1 aromatic carbocycles. The number of fused-ring (bicyclic) bond motifs is 1. The van der Waals surface area contributed by atoms with Gasteiger partial charge in [-0.05, 0) is 25.5 Å². The molecule has 0 aliphatic heterocycles. The molecule has 0 fully saturated rings. The number of hydrogen-bond donors (Lipinski definition) is 1. The van der Waals surface area contributed by atoms with E-state index in [4.69, 9.17) is 10.5 Å². The second-order valence-corrected chi connectivity index (χ2v) is 4.53. The van der Waals surface area contributed by atoms with Crippen molar-refractivity contribution in [2.24, 2.45) is 0 Å². The Balaban J connectivity index is 2.23. The van der Waals surface area contributed by atoms with Crippen molar-refractivity contribution in [3.05, 3.63) is 24.3 Å². The summed E-state index contributed by atoms with van der Waals surface area (Å²) in [6.07, 6.45) is 1.87. The highest BCUT2D eigenvalue weighted by Crippen LogP contribution is 2.23. The predicted molar refractivity (Wildman–Crippen MR) is 74.7 cm³/mol. The van der Waals surface area contributed by atoms with Crippen LogP contribution >= 0.6 is 0 Å². The molecule has 102 valence electrons. The number of anilines is 1. The second kappa shape index (κ2) is 5.73. The first-order chi connectivity index (χ1) is 9.15. The van der Waals surface area contributed by atoms with E-state index >= 15 is 0 Å². The lowest BCUT2D eigenvalue weighted by molar-refractivity contribution is -0.147. The van der Waals surface area contributed by atoms with Gasteiger partial charge in [0.1, 0.15) is 6.04 Å². The van der Waals surface area contributed by atoms with Crippen LogP contribution < -0.4 is 5.73 Å². The van der Waals surface area contributed by atoms with Crippen LogP contribution in [-0.4, -0.2) is 22.1 Å². The highest BCUT2D eigenvalue weighted by Gasteiger charge is 2.21. The lowest BCUT2D eigenvalue weighted by Gasteiger charge is -2.15. The fraction of sp³-hybridized carbons (Fsp3) is 0.429. The minimum absolute atomic E-state index is 0.275. The number of para-hydroxylation sites is 2. The Hall–Kier alpha value is -2.04. The molecule has 1 aromatic heterocycles. The number of benzene rings is 1. The van der Waals surface area contributed by atoms with Gasteiger partial charge in [-0.1, -0.05) is 25.5 Å². The number of unbranched alkanes of at least 4 members (excludes halogenated alkanes) is 1. The third-order valence-corrected chi connectivity index (χ3v) is 3.09. The molecule has 0 saturated carbocycles. The molecule has 0 bridgehead atoms. The summed E-state index contributed by atoms with van der Waals surface area (Å²) >= 11 is 0. The number of hydrogen-bond acceptors (Lipinski definition) is 4. The molecule has 19 heavy (non-hydrogen) atoms. The van der Waals surface area contributed by atoms with Gasteiger partial charge in [0.05, 0.1) is 17.6 Å². The van der Waals surface area contributed by atoms with Crippen molar-refractivity contribution in [2.45, 2.75) is 32.7 Å². The van der Waals surface area contributed by atoms with Crippen LogP contribution in [-0.2, 0) is 9.53 Å². The SMILES string of the molecule is CCCCOC(=O)C(C)n1c(N)nc2ccccc21. The second-order valence-electron chi connectivity index (χ2n) is 4.53. The molecule has 0 radical (unpaired) electrons. The number of carbonyl (C=O) groups is 1. The molecule has 0 amide bonds. The maximum Gasteiger partial charge on any atom is 0.328 e. The Bertz CT molecular complexity index is 577. The maximum absolute atomic E-state index is 12.0. The molecule has 2 N–H and O–H groups in total. The lowest BCUT2D eigenvalue weighted by Crippen LogP contribution is -2.21. The van der Waals surface area contributed by atoms with Crippen LogP contribution in [0.5, 0.6) is 0 Å². The van der Waals surface area contributed by atoms with E-state index in [0.717, 1.165) is 23.9 Å². The maximum atomic E-state index is 12.0. The Kier molecular flexibility index (Phi) is 4.04. The number of carbonyl (C=O) groups excluding carboxylic acids is 1. The first-order valence-electron chi connectivity index (χ1n) is 6.54. The minimum Gasteiger partial charge on any atom is -0.464 e. The molecule has 0 aliphatic rings. The normalized spacial score (nSPS) is 12.5. The van der Waals surface area contributed by atoms with Crippen molar-refractivity contribution in [1.82, 2.24) is 9.55 Å². The van der Waals surface area contributed by atoms with Gasteiger partial charge in [-0.3, -0.25) is 4.57 Å². The molecule has 2 aromatic rings. The van der Waals surface area contributed by atoms with Gasteiger partial charge >= 0.3 is 5.97 Å². The Morgan fingerprint density at radius 3 is 2.95 bits per heavy atom. The number of nitrogens with two attached hydrogens (primary N) is 1. The van der Waals surface area contributed by atoms with Crippen LogP contribution in [0.15, 0.2) is 24.3 Å². The van der Waals surface area contributed by atoms with Gasteiger partial charge in [0.25, 0.3) is 0 Å². The van der Waals surface area contributed by atoms with E-state index in [1.54, 1.807) is 11.5 Å². The van der Waals surface area contributed by atoms with E-state index in [-0.39, 0.29) is 5.97 Å². The third kappa shape index (κ3) is 2.70. The molecular weight excluding hydrogens is 242 g/mol. The van der Waals surface area contributed by atoms with Gasteiger partial charge in [-0.2, -0.15) is 0 Å². The Labute approximate surface area is 112 Å². The summed E-state index contributed by atoms with van der Waals surface area (Å²) < 4.78 is 6.94. The Morgan fingerprint density at radius 1 is 1.47 bits per heavy atom. The number of nitrogens with zero attached hydrogens (tertiary/aromatic N) is 2. The topological polar surface area (TPSA) is 70.1 Å². The molecule has 1 unspecified atom stereocenters. The molecule has 5 nitrogen and oxygen atoms in total. The quantitative estimate of drug-likeness (QED) is 0.663. The summed E-state index contributed by atoms with van der Waals surface area (Å²) in [4.78, 5) is 16.2. The van der Waals surface area contributed by atoms with Crippen LogP contribution in [0.1, 0.15) is 32.7 Å². The summed E-state index contributed by atoms with van der Waals surface area (Å²) in [6, 6.07) is 7.09. The van der Waals surface area contributed by atoms with Crippen LogP contribution in [0.2, 0.25) is 0 Å². The molecule has 0 saturated heterocycles. The van der Waals surface area contributed by atoms with Crippen molar-refractivity contribution >= 4 is 23.0 Å². The first kappa shape index (κ1) is 13.4. The number of ether oxygens (including phenoxy) is 1. The zero-order valence-corrected chi connectivity index (χ0v) is 11.3. The molecule has 2 rings (SSSR count). The van der Waals surface area contributed by atoms with E-state index in [2.05, 4.69) is 11.9 Å². The number of rotatable bonds is 5. The zero-order chi connectivity index (χ0) is 13.8. The van der Waals surface area contributed by atoms with Gasteiger partial charge in [-0.15, -0.1) is 0 Å². The monoisotopic (exact) mass is 261 g/mol. The fourth-order valence-corrected chi connectivity index (χ4v) is 2.01. The van der Waals surface area contributed by atoms with Gasteiger partial charge in [-0.25, -0.2) is 9.78 Å². The fourth-order valence-electron chi connectivity index (χ4n) is 2.01. The van der Waals surface area contributed by atoms with E-state index < -0.39 is 6.04 Å².